The molecule has 0 aliphatic carbocycles. The first-order valence-corrected chi connectivity index (χ1v) is 11.5. The van der Waals surface area contributed by atoms with Gasteiger partial charge in [-0.05, 0) is 61.7 Å². The standard InChI is InChI=1S/C24H30BrN3O3/c1-18(24(30)26-21-9-7-20(25)8-10-21)27-14-3-15-28(17-16-27)23(29)13-6-19-4-11-22(31-2)12-5-19/h4-5,7-12,18H,3,6,13-17H2,1-2H3,(H,26,30). The van der Waals surface area contributed by atoms with Crippen LogP contribution >= 0.6 is 15.9 Å². The van der Waals surface area contributed by atoms with Crippen molar-refractivity contribution in [1.29, 1.82) is 0 Å². The first-order chi connectivity index (χ1) is 15.0. The lowest BCUT2D eigenvalue weighted by Crippen LogP contribution is -2.44. The van der Waals surface area contributed by atoms with Gasteiger partial charge >= 0.3 is 0 Å². The van der Waals surface area contributed by atoms with Crippen molar-refractivity contribution < 1.29 is 14.3 Å². The highest BCUT2D eigenvalue weighted by molar-refractivity contribution is 9.10. The largest absolute Gasteiger partial charge is 0.497 e. The summed E-state index contributed by atoms with van der Waals surface area (Å²) in [6, 6.07) is 15.2. The number of ether oxygens (including phenoxy) is 1. The smallest absolute Gasteiger partial charge is 0.241 e. The monoisotopic (exact) mass is 487 g/mol. The minimum atomic E-state index is -0.252. The average molecular weight is 488 g/mol. The van der Waals surface area contributed by atoms with Crippen LogP contribution in [0.25, 0.3) is 0 Å². The van der Waals surface area contributed by atoms with Crippen molar-refractivity contribution in [2.75, 3.05) is 38.6 Å². The van der Waals surface area contributed by atoms with Crippen LogP contribution in [-0.2, 0) is 16.0 Å². The molecule has 3 rings (SSSR count). The number of hydrogen-bond acceptors (Lipinski definition) is 4. The van der Waals surface area contributed by atoms with Gasteiger partial charge in [0.25, 0.3) is 0 Å². The Morgan fingerprint density at radius 2 is 1.74 bits per heavy atom. The van der Waals surface area contributed by atoms with Gasteiger partial charge in [-0.25, -0.2) is 0 Å². The second-order valence-electron chi connectivity index (χ2n) is 7.79. The molecule has 1 N–H and O–H groups in total. The van der Waals surface area contributed by atoms with Gasteiger partial charge in [0.2, 0.25) is 11.8 Å². The normalized spacial score (nSPS) is 15.8. The Bertz CT molecular complexity index is 871. The minimum Gasteiger partial charge on any atom is -0.497 e. The fourth-order valence-corrected chi connectivity index (χ4v) is 3.99. The summed E-state index contributed by atoms with van der Waals surface area (Å²) in [4.78, 5) is 29.5. The fourth-order valence-electron chi connectivity index (χ4n) is 3.72. The second-order valence-corrected chi connectivity index (χ2v) is 8.71. The predicted octanol–water partition coefficient (Wildman–Crippen LogP) is 3.95. The van der Waals surface area contributed by atoms with Gasteiger partial charge in [-0.1, -0.05) is 28.1 Å². The Morgan fingerprint density at radius 1 is 1.03 bits per heavy atom. The molecule has 1 unspecified atom stereocenters. The number of halogens is 1. The fraction of sp³-hybridized carbons (Fsp3) is 0.417. The molecule has 1 atom stereocenters. The lowest BCUT2D eigenvalue weighted by molar-refractivity contribution is -0.131. The van der Waals surface area contributed by atoms with Crippen molar-refractivity contribution in [2.45, 2.75) is 32.2 Å². The predicted molar refractivity (Wildman–Crippen MR) is 126 cm³/mol. The zero-order chi connectivity index (χ0) is 22.2. The van der Waals surface area contributed by atoms with E-state index >= 15 is 0 Å². The number of anilines is 1. The Hall–Kier alpha value is -2.38. The van der Waals surface area contributed by atoms with E-state index in [1.54, 1.807) is 7.11 Å². The Labute approximate surface area is 192 Å². The summed E-state index contributed by atoms with van der Waals surface area (Å²) in [6.07, 6.45) is 2.07. The van der Waals surface area contributed by atoms with Crippen LogP contribution in [0.5, 0.6) is 5.75 Å². The van der Waals surface area contributed by atoms with Crippen LogP contribution in [0, 0.1) is 0 Å². The molecule has 1 saturated heterocycles. The third-order valence-electron chi connectivity index (χ3n) is 5.71. The van der Waals surface area contributed by atoms with E-state index in [2.05, 4.69) is 26.1 Å². The topological polar surface area (TPSA) is 61.9 Å². The second kappa shape index (κ2) is 11.3. The number of nitrogens with one attached hydrogen (secondary N) is 1. The van der Waals surface area contributed by atoms with Crippen molar-refractivity contribution in [1.82, 2.24) is 9.80 Å². The van der Waals surface area contributed by atoms with Crippen LogP contribution in [0.15, 0.2) is 53.0 Å². The van der Waals surface area contributed by atoms with E-state index in [0.717, 1.165) is 47.4 Å². The van der Waals surface area contributed by atoms with Gasteiger partial charge in [0, 0.05) is 42.8 Å². The van der Waals surface area contributed by atoms with E-state index in [1.807, 2.05) is 60.4 Å². The molecule has 0 saturated carbocycles. The summed E-state index contributed by atoms with van der Waals surface area (Å²) in [6.45, 7) is 4.81. The lowest BCUT2D eigenvalue weighted by Gasteiger charge is -2.27. The summed E-state index contributed by atoms with van der Waals surface area (Å²) in [5.41, 5.74) is 1.91. The van der Waals surface area contributed by atoms with Crippen LogP contribution in [0.3, 0.4) is 0 Å². The van der Waals surface area contributed by atoms with Crippen LogP contribution in [0.1, 0.15) is 25.3 Å². The maximum atomic E-state index is 12.7. The summed E-state index contributed by atoms with van der Waals surface area (Å²) < 4.78 is 6.15. The summed E-state index contributed by atoms with van der Waals surface area (Å²) in [7, 11) is 1.65. The minimum absolute atomic E-state index is 0.0263. The van der Waals surface area contributed by atoms with Gasteiger partial charge in [-0.2, -0.15) is 0 Å². The molecule has 166 valence electrons. The molecular formula is C24H30BrN3O3. The molecule has 0 spiro atoms. The molecule has 6 nitrogen and oxygen atoms in total. The van der Waals surface area contributed by atoms with Crippen molar-refractivity contribution in [3.8, 4) is 5.75 Å². The first kappa shape index (κ1) is 23.3. The number of rotatable bonds is 7. The van der Waals surface area contributed by atoms with Crippen molar-refractivity contribution in [2.24, 2.45) is 0 Å². The molecule has 0 aromatic heterocycles. The third-order valence-corrected chi connectivity index (χ3v) is 6.24. The number of nitrogens with zero attached hydrogens (tertiary/aromatic N) is 2. The third kappa shape index (κ3) is 6.80. The number of carbonyl (C=O) groups excluding carboxylic acids is 2. The van der Waals surface area contributed by atoms with E-state index in [9.17, 15) is 9.59 Å². The summed E-state index contributed by atoms with van der Waals surface area (Å²) in [5.74, 6) is 0.965. The zero-order valence-electron chi connectivity index (χ0n) is 18.1. The van der Waals surface area contributed by atoms with Crippen molar-refractivity contribution >= 4 is 33.4 Å². The maximum absolute atomic E-state index is 12.7. The number of carbonyl (C=O) groups is 2. The molecule has 1 aliphatic heterocycles. The van der Waals surface area contributed by atoms with Gasteiger partial charge < -0.3 is 15.0 Å². The highest BCUT2D eigenvalue weighted by Crippen LogP contribution is 2.16. The molecular weight excluding hydrogens is 458 g/mol. The summed E-state index contributed by atoms with van der Waals surface area (Å²) >= 11 is 3.40. The van der Waals surface area contributed by atoms with E-state index < -0.39 is 0 Å². The molecule has 0 bridgehead atoms. The molecule has 2 aromatic carbocycles. The van der Waals surface area contributed by atoms with Crippen molar-refractivity contribution in [3.63, 3.8) is 0 Å². The molecule has 31 heavy (non-hydrogen) atoms. The van der Waals surface area contributed by atoms with E-state index in [0.29, 0.717) is 19.5 Å². The highest BCUT2D eigenvalue weighted by atomic mass is 79.9. The summed E-state index contributed by atoms with van der Waals surface area (Å²) in [5, 5.41) is 2.98. The number of amides is 2. The number of aryl methyl sites for hydroxylation is 1. The van der Waals surface area contributed by atoms with E-state index in [1.165, 1.54) is 0 Å². The molecule has 2 aromatic rings. The molecule has 1 aliphatic rings. The van der Waals surface area contributed by atoms with Crippen LogP contribution < -0.4 is 10.1 Å². The maximum Gasteiger partial charge on any atom is 0.241 e. The van der Waals surface area contributed by atoms with Gasteiger partial charge in [0.1, 0.15) is 5.75 Å². The first-order valence-electron chi connectivity index (χ1n) is 10.7. The van der Waals surface area contributed by atoms with Gasteiger partial charge in [-0.15, -0.1) is 0 Å². The van der Waals surface area contributed by atoms with Crippen molar-refractivity contribution in [3.05, 3.63) is 58.6 Å². The Balaban J connectivity index is 1.47. The number of benzene rings is 2. The quantitative estimate of drug-likeness (QED) is 0.641. The Kier molecular flexibility index (Phi) is 8.49. The van der Waals surface area contributed by atoms with Gasteiger partial charge in [0.05, 0.1) is 13.2 Å². The van der Waals surface area contributed by atoms with Crippen LogP contribution in [0.2, 0.25) is 0 Å². The van der Waals surface area contributed by atoms with Crippen LogP contribution in [-0.4, -0.2) is 60.9 Å². The highest BCUT2D eigenvalue weighted by Gasteiger charge is 2.25. The Morgan fingerprint density at radius 3 is 2.42 bits per heavy atom. The molecule has 7 heteroatoms. The van der Waals surface area contributed by atoms with E-state index in [-0.39, 0.29) is 17.9 Å². The number of methoxy groups -OCH3 is 1. The van der Waals surface area contributed by atoms with E-state index in [4.69, 9.17) is 4.74 Å². The molecule has 2 amide bonds. The molecule has 0 radical (unpaired) electrons. The lowest BCUT2D eigenvalue weighted by atomic mass is 10.1. The average Bonchev–Trinajstić information content (AvgIpc) is 3.05. The van der Waals surface area contributed by atoms with Gasteiger partial charge in [0.15, 0.2) is 0 Å². The van der Waals surface area contributed by atoms with Crippen LogP contribution in [0.4, 0.5) is 5.69 Å². The SMILES string of the molecule is COc1ccc(CCC(=O)N2CCCN(C(C)C(=O)Nc3ccc(Br)cc3)CC2)cc1. The number of hydrogen-bond donors (Lipinski definition) is 1. The molecule has 1 fully saturated rings. The zero-order valence-corrected chi connectivity index (χ0v) is 19.7. The molecule has 1 heterocycles. The van der Waals surface area contributed by atoms with Gasteiger partial charge in [-0.3, -0.25) is 14.5 Å².